The molecule has 1 aliphatic heterocycles. The Bertz CT molecular complexity index is 1120. The summed E-state index contributed by atoms with van der Waals surface area (Å²) in [4.78, 5) is 27.3. The fraction of sp³-hybridized carbons (Fsp3) is 0.346. The van der Waals surface area contributed by atoms with Gasteiger partial charge in [0.2, 0.25) is 0 Å². The number of hydrogen-bond acceptors (Lipinski definition) is 5. The zero-order valence-electron chi connectivity index (χ0n) is 19.3. The molecule has 1 saturated heterocycles. The second-order valence-electron chi connectivity index (χ2n) is 8.17. The van der Waals surface area contributed by atoms with Crippen molar-refractivity contribution >= 4 is 11.9 Å². The highest BCUT2D eigenvalue weighted by molar-refractivity contribution is 5.94. The molecule has 1 amide bonds. The van der Waals surface area contributed by atoms with Crippen molar-refractivity contribution in [3.8, 4) is 22.7 Å². The minimum absolute atomic E-state index is 0.0526. The van der Waals surface area contributed by atoms with Crippen LogP contribution in [0.2, 0.25) is 0 Å². The summed E-state index contributed by atoms with van der Waals surface area (Å²) in [5, 5.41) is 4.51. The smallest absolute Gasteiger partial charge is 0.358 e. The predicted octanol–water partition coefficient (Wildman–Crippen LogP) is 4.74. The molecule has 1 fully saturated rings. The third-order valence-corrected chi connectivity index (χ3v) is 6.00. The van der Waals surface area contributed by atoms with Crippen LogP contribution < -0.4 is 4.74 Å². The lowest BCUT2D eigenvalue weighted by Gasteiger charge is -2.33. The van der Waals surface area contributed by atoms with Gasteiger partial charge in [-0.1, -0.05) is 0 Å². The summed E-state index contributed by atoms with van der Waals surface area (Å²) in [5.74, 6) is 0.318. The van der Waals surface area contributed by atoms with Crippen LogP contribution in [0.4, 0.5) is 0 Å². The number of carbonyl (C=O) groups is 2. The first kappa shape index (κ1) is 22.6. The number of carbonyl (C=O) groups excluding carboxylic acids is 2. The van der Waals surface area contributed by atoms with Gasteiger partial charge in [0, 0.05) is 23.7 Å². The van der Waals surface area contributed by atoms with Crippen LogP contribution in [0.5, 0.6) is 5.75 Å². The van der Waals surface area contributed by atoms with Gasteiger partial charge >= 0.3 is 5.97 Å². The number of piperidine rings is 1. The molecule has 2 heterocycles. The number of nitrogens with zero attached hydrogens (tertiary/aromatic N) is 3. The van der Waals surface area contributed by atoms with Crippen LogP contribution in [0.25, 0.3) is 16.9 Å². The van der Waals surface area contributed by atoms with E-state index in [0.717, 1.165) is 42.1 Å². The van der Waals surface area contributed by atoms with Crippen LogP contribution in [0.15, 0.2) is 54.6 Å². The summed E-state index contributed by atoms with van der Waals surface area (Å²) < 4.78 is 12.1. The molecule has 3 aromatic rings. The van der Waals surface area contributed by atoms with Gasteiger partial charge in [0.05, 0.1) is 25.1 Å². The average Bonchev–Trinajstić information content (AvgIpc) is 3.30. The predicted molar refractivity (Wildman–Crippen MR) is 126 cm³/mol. The van der Waals surface area contributed by atoms with E-state index in [-0.39, 0.29) is 24.2 Å². The normalized spacial score (nSPS) is 15.8. The van der Waals surface area contributed by atoms with Crippen molar-refractivity contribution in [2.45, 2.75) is 39.2 Å². The summed E-state index contributed by atoms with van der Waals surface area (Å²) in [7, 11) is 1.62. The number of aromatic nitrogens is 2. The molecule has 0 bridgehead atoms. The Balaban J connectivity index is 1.68. The SMILES string of the molecule is CCOC(=O)c1cc(-c2ccc(OC)cc2)n(-c2ccc(C(=O)N3CCCC[C@@H]3C)cc2)n1. The molecule has 2 aromatic carbocycles. The maximum absolute atomic E-state index is 13.0. The molecule has 0 spiro atoms. The molecule has 1 aliphatic rings. The van der Waals surface area contributed by atoms with Gasteiger partial charge in [-0.2, -0.15) is 5.10 Å². The maximum Gasteiger partial charge on any atom is 0.358 e. The highest BCUT2D eigenvalue weighted by Gasteiger charge is 2.24. The summed E-state index contributed by atoms with van der Waals surface area (Å²) in [6.07, 6.45) is 3.25. The molecule has 4 rings (SSSR count). The van der Waals surface area contributed by atoms with Crippen molar-refractivity contribution < 1.29 is 19.1 Å². The Labute approximate surface area is 193 Å². The Hall–Kier alpha value is -3.61. The van der Waals surface area contributed by atoms with Gasteiger partial charge in [0.1, 0.15) is 5.75 Å². The molecule has 0 saturated carbocycles. The largest absolute Gasteiger partial charge is 0.497 e. The van der Waals surface area contributed by atoms with E-state index in [1.165, 1.54) is 6.42 Å². The molecule has 1 aromatic heterocycles. The Morgan fingerprint density at radius 2 is 1.79 bits per heavy atom. The van der Waals surface area contributed by atoms with E-state index >= 15 is 0 Å². The van der Waals surface area contributed by atoms with E-state index in [2.05, 4.69) is 12.0 Å². The first-order valence-electron chi connectivity index (χ1n) is 11.3. The Morgan fingerprint density at radius 3 is 2.42 bits per heavy atom. The topological polar surface area (TPSA) is 73.7 Å². The fourth-order valence-electron chi connectivity index (χ4n) is 4.16. The lowest BCUT2D eigenvalue weighted by atomic mass is 10.0. The molecular formula is C26H29N3O4. The van der Waals surface area contributed by atoms with Crippen LogP contribution in [0, 0.1) is 0 Å². The van der Waals surface area contributed by atoms with Gasteiger partial charge in [-0.05, 0) is 87.7 Å². The van der Waals surface area contributed by atoms with E-state index in [0.29, 0.717) is 5.56 Å². The number of benzene rings is 2. The van der Waals surface area contributed by atoms with Gasteiger partial charge in [-0.25, -0.2) is 9.48 Å². The molecule has 1 atom stereocenters. The summed E-state index contributed by atoms with van der Waals surface area (Å²) in [6, 6.07) is 16.9. The van der Waals surface area contributed by atoms with Crippen LogP contribution in [0.1, 0.15) is 54.0 Å². The zero-order valence-corrected chi connectivity index (χ0v) is 19.3. The molecule has 0 unspecified atom stereocenters. The van der Waals surface area contributed by atoms with Crippen molar-refractivity contribution in [2.24, 2.45) is 0 Å². The summed E-state index contributed by atoms with van der Waals surface area (Å²) in [6.45, 7) is 4.94. The van der Waals surface area contributed by atoms with E-state index in [4.69, 9.17) is 9.47 Å². The van der Waals surface area contributed by atoms with E-state index in [1.807, 2.05) is 53.4 Å². The number of methoxy groups -OCH3 is 1. The van der Waals surface area contributed by atoms with Crippen molar-refractivity contribution in [1.82, 2.24) is 14.7 Å². The van der Waals surface area contributed by atoms with E-state index in [9.17, 15) is 9.59 Å². The lowest BCUT2D eigenvalue weighted by molar-refractivity contribution is 0.0518. The number of amides is 1. The van der Waals surface area contributed by atoms with Gasteiger partial charge in [-0.15, -0.1) is 0 Å². The highest BCUT2D eigenvalue weighted by Crippen LogP contribution is 2.27. The molecule has 7 nitrogen and oxygen atoms in total. The molecule has 0 N–H and O–H groups in total. The third-order valence-electron chi connectivity index (χ3n) is 6.00. The van der Waals surface area contributed by atoms with Crippen LogP contribution in [-0.2, 0) is 4.74 Å². The molecule has 7 heteroatoms. The third kappa shape index (κ3) is 4.77. The molecular weight excluding hydrogens is 418 g/mol. The first-order valence-corrected chi connectivity index (χ1v) is 11.3. The summed E-state index contributed by atoms with van der Waals surface area (Å²) >= 11 is 0. The van der Waals surface area contributed by atoms with Crippen LogP contribution in [-0.4, -0.2) is 52.9 Å². The van der Waals surface area contributed by atoms with Gasteiger partial charge < -0.3 is 14.4 Å². The van der Waals surface area contributed by atoms with Crippen molar-refractivity contribution in [3.05, 3.63) is 65.9 Å². The number of hydrogen-bond donors (Lipinski definition) is 0. The number of rotatable bonds is 6. The number of ether oxygens (including phenoxy) is 2. The van der Waals surface area contributed by atoms with Gasteiger partial charge in [-0.3, -0.25) is 4.79 Å². The summed E-state index contributed by atoms with van der Waals surface area (Å²) in [5.41, 5.74) is 3.24. The lowest BCUT2D eigenvalue weighted by Crippen LogP contribution is -2.42. The first-order chi connectivity index (χ1) is 16.0. The number of esters is 1. The van der Waals surface area contributed by atoms with Crippen molar-refractivity contribution in [1.29, 1.82) is 0 Å². The number of likely N-dealkylation sites (tertiary alicyclic amines) is 1. The van der Waals surface area contributed by atoms with Crippen molar-refractivity contribution in [2.75, 3.05) is 20.3 Å². The van der Waals surface area contributed by atoms with Gasteiger partial charge in [0.25, 0.3) is 5.91 Å². The Kier molecular flexibility index (Phi) is 6.77. The molecule has 33 heavy (non-hydrogen) atoms. The average molecular weight is 448 g/mol. The Morgan fingerprint density at radius 1 is 1.06 bits per heavy atom. The van der Waals surface area contributed by atoms with Crippen LogP contribution >= 0.6 is 0 Å². The maximum atomic E-state index is 13.0. The molecule has 0 aliphatic carbocycles. The quantitative estimate of drug-likeness (QED) is 0.511. The minimum Gasteiger partial charge on any atom is -0.497 e. The fourth-order valence-corrected chi connectivity index (χ4v) is 4.16. The van der Waals surface area contributed by atoms with E-state index in [1.54, 1.807) is 24.8 Å². The second-order valence-corrected chi connectivity index (χ2v) is 8.17. The second kappa shape index (κ2) is 9.90. The van der Waals surface area contributed by atoms with Gasteiger partial charge in [0.15, 0.2) is 5.69 Å². The monoisotopic (exact) mass is 447 g/mol. The van der Waals surface area contributed by atoms with Crippen LogP contribution in [0.3, 0.4) is 0 Å². The molecule has 172 valence electrons. The zero-order chi connectivity index (χ0) is 23.4. The standard InChI is InChI=1S/C26H29N3O4/c1-4-33-26(31)23-17-24(19-10-14-22(32-3)15-11-19)29(27-23)21-12-8-20(9-13-21)25(30)28-16-6-5-7-18(28)2/h8-15,17-18H,4-7,16H2,1-3H3/t18-/m0/s1. The van der Waals surface area contributed by atoms with Crippen molar-refractivity contribution in [3.63, 3.8) is 0 Å². The van der Waals surface area contributed by atoms with E-state index < -0.39 is 5.97 Å². The minimum atomic E-state index is -0.475. The molecule has 0 radical (unpaired) electrons. The highest BCUT2D eigenvalue weighted by atomic mass is 16.5.